The minimum absolute atomic E-state index is 0.107. The highest BCUT2D eigenvalue weighted by molar-refractivity contribution is 6.61. The van der Waals surface area contributed by atoms with Crippen molar-refractivity contribution in [3.05, 3.63) is 23.5 Å². The lowest BCUT2D eigenvalue weighted by Crippen LogP contribution is -2.35. The van der Waals surface area contributed by atoms with Gasteiger partial charge in [0.15, 0.2) is 11.6 Å². The van der Waals surface area contributed by atoms with Gasteiger partial charge >= 0.3 is 13.1 Å². The van der Waals surface area contributed by atoms with Crippen molar-refractivity contribution in [3.63, 3.8) is 0 Å². The van der Waals surface area contributed by atoms with E-state index < -0.39 is 24.9 Å². The Morgan fingerprint density at radius 2 is 2.26 bits per heavy atom. The first-order chi connectivity index (χ1) is 9.00. The number of hydrogen-bond donors (Lipinski definition) is 3. The number of aliphatic carboxylic acids is 1. The van der Waals surface area contributed by atoms with Gasteiger partial charge in [0.1, 0.15) is 12.6 Å². The summed E-state index contributed by atoms with van der Waals surface area (Å²) in [5, 5.41) is 18.4. The van der Waals surface area contributed by atoms with E-state index in [4.69, 9.17) is 20.2 Å². The summed E-state index contributed by atoms with van der Waals surface area (Å²) in [7, 11) is -1.26. The highest BCUT2D eigenvalue weighted by Gasteiger charge is 2.28. The van der Waals surface area contributed by atoms with Crippen LogP contribution >= 0.6 is 0 Å². The summed E-state index contributed by atoms with van der Waals surface area (Å²) >= 11 is 0. The first-order valence-corrected chi connectivity index (χ1v) is 5.73. The van der Waals surface area contributed by atoms with Crippen LogP contribution in [0.5, 0.6) is 5.75 Å². The van der Waals surface area contributed by atoms with E-state index in [0.29, 0.717) is 0 Å². The second-order valence-corrected chi connectivity index (χ2v) is 4.18. The van der Waals surface area contributed by atoms with Crippen molar-refractivity contribution in [2.24, 2.45) is 5.73 Å². The second kappa shape index (κ2) is 5.56. The van der Waals surface area contributed by atoms with Crippen LogP contribution in [0.2, 0.25) is 0 Å². The maximum Gasteiger partial charge on any atom is 0.495 e. The van der Waals surface area contributed by atoms with Gasteiger partial charge in [-0.05, 0) is 5.56 Å². The largest absolute Gasteiger partial charge is 0.495 e. The van der Waals surface area contributed by atoms with Gasteiger partial charge in [-0.1, -0.05) is 12.1 Å². The fourth-order valence-electron chi connectivity index (χ4n) is 1.83. The Hall–Kier alpha value is -1.64. The maximum atomic E-state index is 14.2. The maximum absolute atomic E-state index is 14.2. The number of nitrogens with two attached hydrogens (primary N) is 1. The molecule has 4 N–H and O–H groups in total. The molecule has 102 valence electrons. The summed E-state index contributed by atoms with van der Waals surface area (Å²) in [6.45, 7) is 0.245. The van der Waals surface area contributed by atoms with Gasteiger partial charge in [0, 0.05) is 11.9 Å². The molecule has 1 aromatic carbocycles. The number of ether oxygens (including phenoxy) is 1. The van der Waals surface area contributed by atoms with E-state index in [-0.39, 0.29) is 36.4 Å². The minimum Gasteiger partial charge on any atom is -0.489 e. The topological polar surface area (TPSA) is 102 Å². The molecule has 0 amide bonds. The first-order valence-electron chi connectivity index (χ1n) is 5.73. The normalized spacial score (nSPS) is 16.3. The predicted molar refractivity (Wildman–Crippen MR) is 64.8 cm³/mol. The standard InChI is InChI=1S/C11H13BFNO5/c13-9-6(5-8(14)11(15)16)1-2-7-10(9)18-3-4-19-12(7)17/h1-2,8,17H,3-5,14H2,(H,15,16). The fraction of sp³-hybridized carbons (Fsp3) is 0.364. The molecule has 1 aromatic rings. The quantitative estimate of drug-likeness (QED) is 0.600. The molecule has 6 nitrogen and oxygen atoms in total. The number of carboxylic acid groups (broad SMARTS) is 1. The van der Waals surface area contributed by atoms with E-state index >= 15 is 0 Å². The average molecular weight is 269 g/mol. The van der Waals surface area contributed by atoms with Crippen molar-refractivity contribution in [2.75, 3.05) is 13.2 Å². The molecule has 2 rings (SSSR count). The van der Waals surface area contributed by atoms with Gasteiger partial charge in [0.05, 0.1) is 6.61 Å². The van der Waals surface area contributed by atoms with Gasteiger partial charge in [0.25, 0.3) is 0 Å². The number of halogens is 1. The molecule has 1 aliphatic rings. The van der Waals surface area contributed by atoms with Gasteiger partial charge in [-0.2, -0.15) is 0 Å². The monoisotopic (exact) mass is 269 g/mol. The molecule has 1 atom stereocenters. The van der Waals surface area contributed by atoms with E-state index in [0.717, 1.165) is 0 Å². The van der Waals surface area contributed by atoms with E-state index in [1.54, 1.807) is 0 Å². The number of fused-ring (bicyclic) bond motifs is 1. The van der Waals surface area contributed by atoms with Gasteiger partial charge in [0.2, 0.25) is 0 Å². The minimum atomic E-state index is -1.26. The molecule has 19 heavy (non-hydrogen) atoms. The number of carboxylic acids is 1. The summed E-state index contributed by atoms with van der Waals surface area (Å²) < 4.78 is 24.4. The summed E-state index contributed by atoms with van der Waals surface area (Å²) in [6, 6.07) is 1.62. The van der Waals surface area contributed by atoms with Crippen molar-refractivity contribution < 1.29 is 28.7 Å². The van der Waals surface area contributed by atoms with E-state index in [2.05, 4.69) is 0 Å². The number of hydrogen-bond acceptors (Lipinski definition) is 5. The Bertz CT molecular complexity index is 498. The molecule has 0 aliphatic carbocycles. The molecular weight excluding hydrogens is 256 g/mol. The molecule has 0 fully saturated rings. The Morgan fingerprint density at radius 3 is 2.95 bits per heavy atom. The molecule has 0 aromatic heterocycles. The lowest BCUT2D eigenvalue weighted by molar-refractivity contribution is -0.138. The number of rotatable bonds is 3. The smallest absolute Gasteiger partial charge is 0.489 e. The zero-order chi connectivity index (χ0) is 14.0. The third-order valence-electron chi connectivity index (χ3n) is 2.84. The van der Waals surface area contributed by atoms with E-state index in [1.165, 1.54) is 12.1 Å². The third-order valence-corrected chi connectivity index (χ3v) is 2.84. The third kappa shape index (κ3) is 2.86. The Labute approximate surface area is 109 Å². The summed E-state index contributed by atoms with van der Waals surface area (Å²) in [5.41, 5.74) is 5.68. The van der Waals surface area contributed by atoms with Gasteiger partial charge in [-0.3, -0.25) is 4.79 Å². The van der Waals surface area contributed by atoms with E-state index in [1.807, 2.05) is 0 Å². The Balaban J connectivity index is 2.33. The van der Waals surface area contributed by atoms with Crippen LogP contribution in [0.25, 0.3) is 0 Å². The molecule has 0 radical (unpaired) electrons. The van der Waals surface area contributed by atoms with Crippen molar-refractivity contribution in [1.82, 2.24) is 0 Å². The van der Waals surface area contributed by atoms with Crippen LogP contribution in [0, 0.1) is 5.82 Å². The molecule has 0 saturated carbocycles. The summed E-state index contributed by atoms with van der Waals surface area (Å²) in [5.74, 6) is -2.03. The molecule has 8 heteroatoms. The van der Waals surface area contributed by atoms with Crippen LogP contribution in [-0.2, 0) is 15.9 Å². The van der Waals surface area contributed by atoms with Gasteiger partial charge in [-0.25, -0.2) is 4.39 Å². The summed E-state index contributed by atoms with van der Waals surface area (Å²) in [6.07, 6.45) is -0.158. The zero-order valence-electron chi connectivity index (χ0n) is 10.0. The van der Waals surface area contributed by atoms with Gasteiger partial charge < -0.3 is 25.3 Å². The molecule has 1 aliphatic heterocycles. The van der Waals surface area contributed by atoms with Crippen LogP contribution in [0.15, 0.2) is 12.1 Å². The van der Waals surface area contributed by atoms with E-state index in [9.17, 15) is 14.2 Å². The Kier molecular flexibility index (Phi) is 4.03. The van der Waals surface area contributed by atoms with Crippen molar-refractivity contribution >= 4 is 18.6 Å². The molecule has 1 heterocycles. The highest BCUT2D eigenvalue weighted by atomic mass is 19.1. The number of benzene rings is 1. The van der Waals surface area contributed by atoms with Crippen LogP contribution in [0.3, 0.4) is 0 Å². The van der Waals surface area contributed by atoms with Crippen LogP contribution in [-0.4, -0.2) is 42.5 Å². The van der Waals surface area contributed by atoms with Crippen LogP contribution in [0.4, 0.5) is 4.39 Å². The Morgan fingerprint density at radius 1 is 1.53 bits per heavy atom. The lowest BCUT2D eigenvalue weighted by atomic mass is 9.78. The lowest BCUT2D eigenvalue weighted by Gasteiger charge is -2.13. The van der Waals surface area contributed by atoms with Crippen molar-refractivity contribution in [2.45, 2.75) is 12.5 Å². The van der Waals surface area contributed by atoms with Crippen LogP contribution < -0.4 is 15.9 Å². The summed E-state index contributed by atoms with van der Waals surface area (Å²) in [4.78, 5) is 10.7. The fourth-order valence-corrected chi connectivity index (χ4v) is 1.83. The first kappa shape index (κ1) is 13.8. The molecule has 0 saturated heterocycles. The predicted octanol–water partition coefficient (Wildman–Crippen LogP) is -1.12. The zero-order valence-corrected chi connectivity index (χ0v) is 10.0. The van der Waals surface area contributed by atoms with Crippen LogP contribution in [0.1, 0.15) is 5.56 Å². The highest BCUT2D eigenvalue weighted by Crippen LogP contribution is 2.21. The molecule has 0 spiro atoms. The molecular formula is C11H13BFNO5. The SMILES string of the molecule is NC(Cc1ccc2c(c1F)OCCOB2O)C(=O)O. The van der Waals surface area contributed by atoms with Crippen molar-refractivity contribution in [1.29, 1.82) is 0 Å². The van der Waals surface area contributed by atoms with Crippen molar-refractivity contribution in [3.8, 4) is 5.75 Å². The average Bonchev–Trinajstić information content (AvgIpc) is 2.55. The molecule has 0 bridgehead atoms. The van der Waals surface area contributed by atoms with Gasteiger partial charge in [-0.15, -0.1) is 0 Å². The number of carbonyl (C=O) groups is 1. The molecule has 1 unspecified atom stereocenters. The second-order valence-electron chi connectivity index (χ2n) is 4.18.